The van der Waals surface area contributed by atoms with Gasteiger partial charge in [-0.1, -0.05) is 41.7 Å². The minimum atomic E-state index is 0.776. The van der Waals surface area contributed by atoms with Gasteiger partial charge in [0.2, 0.25) is 5.13 Å². The Morgan fingerprint density at radius 3 is 2.86 bits per heavy atom. The maximum absolute atomic E-state index is 4.60. The average molecular weight is 344 g/mol. The van der Waals surface area contributed by atoms with Crippen LogP contribution in [0.1, 0.15) is 12.5 Å². The topological polar surface area (TPSA) is 50.7 Å². The van der Waals surface area contributed by atoms with E-state index in [1.54, 1.807) is 34.0 Å². The van der Waals surface area contributed by atoms with Gasteiger partial charge in [0.25, 0.3) is 0 Å². The molecule has 0 fully saturated rings. The van der Waals surface area contributed by atoms with Crippen LogP contribution in [0.2, 0.25) is 0 Å². The molecule has 0 saturated carbocycles. The Hall–Kier alpha value is -1.83. The molecule has 4 rings (SSSR count). The number of thiophene rings is 1. The second-order valence-corrected chi connectivity index (χ2v) is 7.65. The zero-order valence-corrected chi connectivity index (χ0v) is 14.2. The number of rotatable bonds is 4. The number of hydrogen-bond acceptors (Lipinski definition) is 7. The standard InChI is InChI=1S/C15H12N4S3/c1-2-9-5-6-10-12(8-9)21-14(16-10)17-15-19-18-13(22-15)11-4-3-7-20-11/h3-8H,2H2,1H3,(H,16,17,19). The lowest BCUT2D eigenvalue weighted by Gasteiger charge is -1.93. The Morgan fingerprint density at radius 2 is 2.05 bits per heavy atom. The van der Waals surface area contributed by atoms with Crippen molar-refractivity contribution in [3.05, 3.63) is 41.3 Å². The van der Waals surface area contributed by atoms with Gasteiger partial charge < -0.3 is 5.32 Å². The summed E-state index contributed by atoms with van der Waals surface area (Å²) < 4.78 is 1.20. The van der Waals surface area contributed by atoms with Crippen molar-refractivity contribution in [3.8, 4) is 9.88 Å². The van der Waals surface area contributed by atoms with Gasteiger partial charge in [0.05, 0.1) is 15.1 Å². The van der Waals surface area contributed by atoms with E-state index < -0.39 is 0 Å². The summed E-state index contributed by atoms with van der Waals surface area (Å²) in [5, 5.41) is 16.3. The highest BCUT2D eigenvalue weighted by atomic mass is 32.1. The number of nitrogens with one attached hydrogen (secondary N) is 1. The molecule has 0 aliphatic rings. The second kappa shape index (κ2) is 5.75. The van der Waals surface area contributed by atoms with Crippen LogP contribution in [0, 0.1) is 0 Å². The third-order valence-corrected chi connectivity index (χ3v) is 6.04. The highest BCUT2D eigenvalue weighted by molar-refractivity contribution is 7.24. The van der Waals surface area contributed by atoms with Gasteiger partial charge >= 0.3 is 0 Å². The van der Waals surface area contributed by atoms with E-state index in [0.29, 0.717) is 0 Å². The Kier molecular flexibility index (Phi) is 3.61. The van der Waals surface area contributed by atoms with Gasteiger partial charge in [-0.25, -0.2) is 4.98 Å². The summed E-state index contributed by atoms with van der Waals surface area (Å²) in [5.74, 6) is 0. The fraction of sp³-hybridized carbons (Fsp3) is 0.133. The minimum Gasteiger partial charge on any atom is -0.306 e. The molecule has 0 spiro atoms. The summed E-state index contributed by atoms with van der Waals surface area (Å²) in [5.41, 5.74) is 2.35. The van der Waals surface area contributed by atoms with Crippen LogP contribution in [-0.2, 0) is 6.42 Å². The minimum absolute atomic E-state index is 0.776. The van der Waals surface area contributed by atoms with Gasteiger partial charge in [-0.2, -0.15) is 0 Å². The van der Waals surface area contributed by atoms with Crippen molar-refractivity contribution in [2.45, 2.75) is 13.3 Å². The van der Waals surface area contributed by atoms with Crippen molar-refractivity contribution < 1.29 is 0 Å². The quantitative estimate of drug-likeness (QED) is 0.554. The SMILES string of the molecule is CCc1ccc2nc(Nc3nnc(-c4cccs4)s3)sc2c1. The molecule has 1 N–H and O–H groups in total. The Bertz CT molecular complexity index is 908. The van der Waals surface area contributed by atoms with Gasteiger partial charge in [0.1, 0.15) is 0 Å². The number of aryl methyl sites for hydroxylation is 1. The first-order valence-corrected chi connectivity index (χ1v) is 9.37. The summed E-state index contributed by atoms with van der Waals surface area (Å²) in [6.45, 7) is 2.16. The van der Waals surface area contributed by atoms with Crippen molar-refractivity contribution in [3.63, 3.8) is 0 Å². The summed E-state index contributed by atoms with van der Waals surface area (Å²) in [7, 11) is 0. The van der Waals surface area contributed by atoms with Crippen LogP contribution in [0.25, 0.3) is 20.1 Å². The lowest BCUT2D eigenvalue weighted by molar-refractivity contribution is 1.10. The molecule has 22 heavy (non-hydrogen) atoms. The van der Waals surface area contributed by atoms with E-state index in [0.717, 1.165) is 32.1 Å². The van der Waals surface area contributed by atoms with E-state index in [-0.39, 0.29) is 0 Å². The molecule has 4 nitrogen and oxygen atoms in total. The largest absolute Gasteiger partial charge is 0.306 e. The van der Waals surface area contributed by atoms with Gasteiger partial charge in [-0.15, -0.1) is 21.5 Å². The smallest absolute Gasteiger partial charge is 0.212 e. The van der Waals surface area contributed by atoms with Crippen molar-refractivity contribution in [2.75, 3.05) is 5.32 Å². The maximum atomic E-state index is 4.60. The second-order valence-electron chi connectivity index (χ2n) is 4.69. The van der Waals surface area contributed by atoms with Crippen molar-refractivity contribution in [1.29, 1.82) is 0 Å². The van der Waals surface area contributed by atoms with Crippen molar-refractivity contribution in [2.24, 2.45) is 0 Å². The first kappa shape index (κ1) is 13.8. The zero-order valence-electron chi connectivity index (χ0n) is 11.7. The van der Waals surface area contributed by atoms with Crippen LogP contribution in [0.5, 0.6) is 0 Å². The lowest BCUT2D eigenvalue weighted by Crippen LogP contribution is -1.87. The molecule has 0 bridgehead atoms. The molecule has 0 aliphatic carbocycles. The summed E-state index contributed by atoms with van der Waals surface area (Å²) in [6.07, 6.45) is 1.04. The monoisotopic (exact) mass is 344 g/mol. The molecule has 0 atom stereocenters. The molecular formula is C15H12N4S3. The summed E-state index contributed by atoms with van der Waals surface area (Å²) >= 11 is 4.87. The first-order chi connectivity index (χ1) is 10.8. The molecular weight excluding hydrogens is 332 g/mol. The zero-order chi connectivity index (χ0) is 14.9. The van der Waals surface area contributed by atoms with Gasteiger partial charge in [0.15, 0.2) is 10.1 Å². The molecule has 0 radical (unpaired) electrons. The van der Waals surface area contributed by atoms with Crippen LogP contribution in [0.4, 0.5) is 10.3 Å². The third kappa shape index (κ3) is 2.63. The molecule has 110 valence electrons. The van der Waals surface area contributed by atoms with Gasteiger partial charge in [-0.3, -0.25) is 0 Å². The van der Waals surface area contributed by atoms with Crippen molar-refractivity contribution in [1.82, 2.24) is 15.2 Å². The number of aromatic nitrogens is 3. The fourth-order valence-corrected chi connectivity index (χ4v) is 4.64. The molecule has 3 heterocycles. The van der Waals surface area contributed by atoms with Crippen LogP contribution >= 0.6 is 34.0 Å². The Labute approximate surface area is 139 Å². The summed E-state index contributed by atoms with van der Waals surface area (Å²) in [6, 6.07) is 10.5. The van der Waals surface area contributed by atoms with E-state index in [9.17, 15) is 0 Å². The van der Waals surface area contributed by atoms with E-state index in [1.807, 2.05) is 11.4 Å². The molecule has 7 heteroatoms. The molecule has 0 amide bonds. The summed E-state index contributed by atoms with van der Waals surface area (Å²) in [4.78, 5) is 5.75. The number of thiazole rings is 1. The lowest BCUT2D eigenvalue weighted by atomic mass is 10.2. The predicted molar refractivity (Wildman–Crippen MR) is 95.5 cm³/mol. The Morgan fingerprint density at radius 1 is 1.09 bits per heavy atom. The van der Waals surface area contributed by atoms with Crippen LogP contribution in [-0.4, -0.2) is 15.2 Å². The molecule has 4 aromatic rings. The predicted octanol–water partition coefficient (Wildman–Crippen LogP) is 5.18. The van der Waals surface area contributed by atoms with E-state index in [2.05, 4.69) is 51.7 Å². The van der Waals surface area contributed by atoms with Crippen LogP contribution < -0.4 is 5.32 Å². The molecule has 0 saturated heterocycles. The molecule has 0 aliphatic heterocycles. The fourth-order valence-electron chi connectivity index (χ4n) is 2.11. The van der Waals surface area contributed by atoms with E-state index >= 15 is 0 Å². The third-order valence-electron chi connectivity index (χ3n) is 3.23. The number of nitrogens with zero attached hydrogens (tertiary/aromatic N) is 3. The van der Waals surface area contributed by atoms with Crippen LogP contribution in [0.15, 0.2) is 35.7 Å². The maximum Gasteiger partial charge on any atom is 0.212 e. The normalized spacial score (nSPS) is 11.1. The first-order valence-electron chi connectivity index (χ1n) is 6.85. The van der Waals surface area contributed by atoms with Gasteiger partial charge in [0, 0.05) is 0 Å². The van der Waals surface area contributed by atoms with Crippen molar-refractivity contribution >= 4 is 54.5 Å². The number of hydrogen-bond donors (Lipinski definition) is 1. The average Bonchev–Trinajstić information content (AvgIpc) is 3.26. The number of fused-ring (bicyclic) bond motifs is 1. The molecule has 0 unspecified atom stereocenters. The molecule has 3 aromatic heterocycles. The number of benzene rings is 1. The van der Waals surface area contributed by atoms with E-state index in [4.69, 9.17) is 0 Å². The van der Waals surface area contributed by atoms with E-state index in [1.165, 1.54) is 10.3 Å². The van der Waals surface area contributed by atoms with Gasteiger partial charge in [-0.05, 0) is 35.6 Å². The van der Waals surface area contributed by atoms with Crippen LogP contribution in [0.3, 0.4) is 0 Å². The molecule has 1 aromatic carbocycles. The highest BCUT2D eigenvalue weighted by Gasteiger charge is 2.10. The highest BCUT2D eigenvalue weighted by Crippen LogP contribution is 2.33. The number of anilines is 2. The Balaban J connectivity index is 1.60.